The molecular weight excluding hydrogens is 368 g/mol. The number of benzene rings is 4. The number of hydrogen-bond donors (Lipinski definition) is 0. The third-order valence-corrected chi connectivity index (χ3v) is 12.5. The standard InChI is InChI=1S/C27H30OSi/c1-5-29(6-2,7-3)27-24-16-12-11-15-22(24)23-18-17-21(28-4)19-25(23)26(27)20-13-9-8-10-14-20/h8-19H,5-7H2,1-4H3. The van der Waals surface area contributed by atoms with Crippen LogP contribution in [0.3, 0.4) is 0 Å². The summed E-state index contributed by atoms with van der Waals surface area (Å²) >= 11 is 0. The van der Waals surface area contributed by atoms with E-state index < -0.39 is 8.07 Å². The molecule has 148 valence electrons. The predicted octanol–water partition coefficient (Wildman–Crippen LogP) is 7.38. The second kappa shape index (κ2) is 8.04. The molecule has 0 atom stereocenters. The number of ether oxygens (including phenoxy) is 1. The molecule has 0 radical (unpaired) electrons. The number of rotatable bonds is 6. The van der Waals surface area contributed by atoms with Gasteiger partial charge < -0.3 is 4.74 Å². The van der Waals surface area contributed by atoms with Crippen molar-refractivity contribution in [3.8, 4) is 16.9 Å². The SMILES string of the molecule is CC[Si](CC)(CC)c1c(-c2ccccc2)c2cc(OC)ccc2c2ccccc12. The Hall–Kier alpha value is -2.58. The molecule has 2 heteroatoms. The predicted molar refractivity (Wildman–Crippen MR) is 130 cm³/mol. The van der Waals surface area contributed by atoms with Gasteiger partial charge in [0.2, 0.25) is 0 Å². The third kappa shape index (κ3) is 3.16. The molecule has 1 nitrogen and oxygen atoms in total. The average molecular weight is 399 g/mol. The van der Waals surface area contributed by atoms with E-state index in [0.29, 0.717) is 0 Å². The van der Waals surface area contributed by atoms with Crippen molar-refractivity contribution >= 4 is 34.8 Å². The van der Waals surface area contributed by atoms with Crippen molar-refractivity contribution in [1.29, 1.82) is 0 Å². The molecule has 0 N–H and O–H groups in total. The molecule has 0 fully saturated rings. The van der Waals surface area contributed by atoms with E-state index >= 15 is 0 Å². The molecule has 0 amide bonds. The highest BCUT2D eigenvalue weighted by molar-refractivity contribution is 6.94. The van der Waals surface area contributed by atoms with Gasteiger partial charge >= 0.3 is 0 Å². The topological polar surface area (TPSA) is 9.23 Å². The lowest BCUT2D eigenvalue weighted by Crippen LogP contribution is -2.47. The third-order valence-electron chi connectivity index (χ3n) is 6.86. The molecule has 0 aliphatic heterocycles. The second-order valence-electron chi connectivity index (χ2n) is 7.91. The second-order valence-corrected chi connectivity index (χ2v) is 13.1. The van der Waals surface area contributed by atoms with Gasteiger partial charge in [-0.15, -0.1) is 0 Å². The van der Waals surface area contributed by atoms with Gasteiger partial charge in [0.1, 0.15) is 5.75 Å². The summed E-state index contributed by atoms with van der Waals surface area (Å²) in [4.78, 5) is 0. The van der Waals surface area contributed by atoms with Gasteiger partial charge in [-0.05, 0) is 50.0 Å². The van der Waals surface area contributed by atoms with Gasteiger partial charge in [-0.25, -0.2) is 0 Å². The summed E-state index contributed by atoms with van der Waals surface area (Å²) < 4.78 is 5.64. The van der Waals surface area contributed by atoms with Crippen LogP contribution in [0.15, 0.2) is 72.8 Å². The van der Waals surface area contributed by atoms with E-state index in [1.54, 1.807) is 12.3 Å². The van der Waals surface area contributed by atoms with Crippen molar-refractivity contribution in [2.24, 2.45) is 0 Å². The van der Waals surface area contributed by atoms with Gasteiger partial charge in [0.25, 0.3) is 0 Å². The maximum absolute atomic E-state index is 5.64. The fraction of sp³-hybridized carbons (Fsp3) is 0.259. The molecule has 0 aliphatic rings. The Morgan fingerprint density at radius 2 is 1.24 bits per heavy atom. The highest BCUT2D eigenvalue weighted by Crippen LogP contribution is 2.39. The zero-order valence-corrected chi connectivity index (χ0v) is 19.0. The maximum atomic E-state index is 5.64. The Labute approximate surface area is 175 Å². The summed E-state index contributed by atoms with van der Waals surface area (Å²) in [5.41, 5.74) is 2.74. The Morgan fingerprint density at radius 1 is 0.655 bits per heavy atom. The normalized spacial score (nSPS) is 11.9. The fourth-order valence-corrected chi connectivity index (χ4v) is 9.19. The lowest BCUT2D eigenvalue weighted by Gasteiger charge is -2.33. The average Bonchev–Trinajstić information content (AvgIpc) is 2.80. The minimum absolute atomic E-state index is 0.924. The van der Waals surface area contributed by atoms with Crippen LogP contribution in [0.2, 0.25) is 18.1 Å². The Bertz CT molecular complexity index is 1140. The van der Waals surface area contributed by atoms with Crippen LogP contribution in [-0.4, -0.2) is 15.2 Å². The van der Waals surface area contributed by atoms with Gasteiger partial charge in [0.15, 0.2) is 0 Å². The van der Waals surface area contributed by atoms with E-state index in [2.05, 4.69) is 93.6 Å². The van der Waals surface area contributed by atoms with Crippen LogP contribution in [-0.2, 0) is 0 Å². The molecule has 0 aliphatic carbocycles. The molecule has 0 unspecified atom stereocenters. The molecule has 4 rings (SSSR count). The molecule has 0 aromatic heterocycles. The fourth-order valence-electron chi connectivity index (χ4n) is 5.03. The maximum Gasteiger partial charge on any atom is 0.119 e. The van der Waals surface area contributed by atoms with E-state index in [4.69, 9.17) is 4.74 Å². The molecule has 0 spiro atoms. The largest absolute Gasteiger partial charge is 0.497 e. The highest BCUT2D eigenvalue weighted by Gasteiger charge is 2.34. The van der Waals surface area contributed by atoms with Crippen molar-refractivity contribution in [3.05, 3.63) is 72.8 Å². The molecule has 4 aromatic rings. The zero-order valence-electron chi connectivity index (χ0n) is 18.0. The molecule has 0 saturated heterocycles. The van der Waals surface area contributed by atoms with E-state index in [9.17, 15) is 0 Å². The van der Waals surface area contributed by atoms with E-state index in [0.717, 1.165) is 5.75 Å². The zero-order chi connectivity index (χ0) is 20.4. The minimum atomic E-state index is -1.67. The summed E-state index contributed by atoms with van der Waals surface area (Å²) in [5.74, 6) is 0.924. The summed E-state index contributed by atoms with van der Waals surface area (Å²) in [6, 6.07) is 30.4. The first kappa shape index (κ1) is 19.7. The van der Waals surface area contributed by atoms with Crippen LogP contribution < -0.4 is 9.92 Å². The van der Waals surface area contributed by atoms with Crippen LogP contribution >= 0.6 is 0 Å². The van der Waals surface area contributed by atoms with Crippen molar-refractivity contribution in [2.45, 2.75) is 38.9 Å². The Balaban J connectivity index is 2.30. The van der Waals surface area contributed by atoms with Crippen LogP contribution in [0.1, 0.15) is 20.8 Å². The highest BCUT2D eigenvalue weighted by atomic mass is 28.3. The first-order valence-corrected chi connectivity index (χ1v) is 13.4. The minimum Gasteiger partial charge on any atom is -0.497 e. The summed E-state index contributed by atoms with van der Waals surface area (Å²) in [6.07, 6.45) is 0. The first-order chi connectivity index (χ1) is 14.2. The van der Waals surface area contributed by atoms with Gasteiger partial charge in [-0.3, -0.25) is 0 Å². The molecule has 0 heterocycles. The Morgan fingerprint density at radius 3 is 1.86 bits per heavy atom. The summed E-state index contributed by atoms with van der Waals surface area (Å²) in [7, 11) is 0.0875. The number of methoxy groups -OCH3 is 1. The van der Waals surface area contributed by atoms with E-state index in [-0.39, 0.29) is 0 Å². The van der Waals surface area contributed by atoms with Crippen molar-refractivity contribution in [2.75, 3.05) is 7.11 Å². The molecule has 0 saturated carbocycles. The van der Waals surface area contributed by atoms with Gasteiger partial charge in [-0.1, -0.05) is 99.6 Å². The van der Waals surface area contributed by atoms with E-state index in [1.165, 1.54) is 50.8 Å². The summed E-state index contributed by atoms with van der Waals surface area (Å²) in [5, 5.41) is 7.08. The van der Waals surface area contributed by atoms with Crippen LogP contribution in [0.5, 0.6) is 5.75 Å². The smallest absolute Gasteiger partial charge is 0.119 e. The van der Waals surface area contributed by atoms with Crippen LogP contribution in [0, 0.1) is 0 Å². The number of hydrogen-bond acceptors (Lipinski definition) is 1. The number of fused-ring (bicyclic) bond motifs is 3. The van der Waals surface area contributed by atoms with Crippen molar-refractivity contribution in [1.82, 2.24) is 0 Å². The van der Waals surface area contributed by atoms with Gasteiger partial charge in [0, 0.05) is 0 Å². The molecular formula is C27H30OSi. The monoisotopic (exact) mass is 398 g/mol. The lowest BCUT2D eigenvalue weighted by molar-refractivity contribution is 0.415. The molecule has 29 heavy (non-hydrogen) atoms. The van der Waals surface area contributed by atoms with Crippen molar-refractivity contribution in [3.63, 3.8) is 0 Å². The quantitative estimate of drug-likeness (QED) is 0.243. The molecule has 0 bridgehead atoms. The molecule has 4 aromatic carbocycles. The Kier molecular flexibility index (Phi) is 5.47. The van der Waals surface area contributed by atoms with Gasteiger partial charge in [0.05, 0.1) is 15.2 Å². The van der Waals surface area contributed by atoms with Crippen LogP contribution in [0.4, 0.5) is 0 Å². The van der Waals surface area contributed by atoms with Gasteiger partial charge in [-0.2, -0.15) is 0 Å². The van der Waals surface area contributed by atoms with E-state index in [1.807, 2.05) is 0 Å². The first-order valence-electron chi connectivity index (χ1n) is 10.8. The summed E-state index contributed by atoms with van der Waals surface area (Å²) in [6.45, 7) is 7.20. The van der Waals surface area contributed by atoms with Crippen molar-refractivity contribution < 1.29 is 4.74 Å². The van der Waals surface area contributed by atoms with Crippen LogP contribution in [0.25, 0.3) is 32.7 Å². The lowest BCUT2D eigenvalue weighted by atomic mass is 9.93.